The molecular formula is C43H84NO7P. The van der Waals surface area contributed by atoms with Crippen LogP contribution in [0.5, 0.6) is 0 Å². The molecule has 8 nitrogen and oxygen atoms in total. The standard InChI is InChI=1S/C43H84NO7P/c1-3-5-7-9-11-13-15-17-19-21-22-24-26-28-30-32-34-36-43(45)51-42(41-50-52(46,47)49-39-37-44)40-48-38-35-33-31-29-27-25-23-20-18-16-14-12-10-8-6-4-2/h12,14,18,20,42H,3-11,13,15-17,19,21-41,44H2,1-2H3,(H,46,47)/b14-12-,20-18-. The van der Waals surface area contributed by atoms with E-state index in [2.05, 4.69) is 38.2 Å². The molecule has 308 valence electrons. The SMILES string of the molecule is CCCCC/C=C\C/C=C\CCCCCCCCOCC(COP(=O)(O)OCCN)OC(=O)CCCCCCCCCCCCCCCCCCC. The van der Waals surface area contributed by atoms with Crippen molar-refractivity contribution in [3.05, 3.63) is 24.3 Å². The van der Waals surface area contributed by atoms with Gasteiger partial charge in [0.2, 0.25) is 0 Å². The summed E-state index contributed by atoms with van der Waals surface area (Å²) in [5.41, 5.74) is 5.37. The predicted molar refractivity (Wildman–Crippen MR) is 220 cm³/mol. The highest BCUT2D eigenvalue weighted by atomic mass is 31.2. The van der Waals surface area contributed by atoms with Crippen LogP contribution in [0, 0.1) is 0 Å². The van der Waals surface area contributed by atoms with Crippen LogP contribution in [0.1, 0.15) is 206 Å². The summed E-state index contributed by atoms with van der Waals surface area (Å²) in [6.45, 7) is 4.90. The molecule has 9 heteroatoms. The molecule has 0 spiro atoms. The number of unbranched alkanes of at least 4 members (excludes halogenated alkanes) is 25. The lowest BCUT2D eigenvalue weighted by atomic mass is 10.0. The van der Waals surface area contributed by atoms with E-state index in [0.29, 0.717) is 13.0 Å². The summed E-state index contributed by atoms with van der Waals surface area (Å²) in [6.07, 6.45) is 44.7. The Bertz CT molecular complexity index is 853. The van der Waals surface area contributed by atoms with Crippen molar-refractivity contribution >= 4 is 13.8 Å². The van der Waals surface area contributed by atoms with Crippen molar-refractivity contribution in [3.63, 3.8) is 0 Å². The van der Waals surface area contributed by atoms with Crippen molar-refractivity contribution in [2.24, 2.45) is 5.73 Å². The molecule has 0 amide bonds. The number of carbonyl (C=O) groups excluding carboxylic acids is 1. The molecule has 0 aliphatic heterocycles. The lowest BCUT2D eigenvalue weighted by Crippen LogP contribution is -2.28. The molecule has 3 N–H and O–H groups in total. The summed E-state index contributed by atoms with van der Waals surface area (Å²) >= 11 is 0. The second-order valence-electron chi connectivity index (χ2n) is 14.6. The van der Waals surface area contributed by atoms with Gasteiger partial charge in [-0.05, 0) is 44.9 Å². The number of nitrogens with two attached hydrogens (primary N) is 1. The maximum Gasteiger partial charge on any atom is 0.472 e. The topological polar surface area (TPSA) is 117 Å². The van der Waals surface area contributed by atoms with Gasteiger partial charge in [-0.2, -0.15) is 0 Å². The van der Waals surface area contributed by atoms with Crippen LogP contribution >= 0.6 is 7.82 Å². The van der Waals surface area contributed by atoms with Gasteiger partial charge in [-0.3, -0.25) is 13.8 Å². The van der Waals surface area contributed by atoms with Gasteiger partial charge in [0.15, 0.2) is 0 Å². The first-order valence-electron chi connectivity index (χ1n) is 21.8. The van der Waals surface area contributed by atoms with Crippen molar-refractivity contribution in [1.82, 2.24) is 0 Å². The fraction of sp³-hybridized carbons (Fsp3) is 0.884. The number of ether oxygens (including phenoxy) is 2. The smallest absolute Gasteiger partial charge is 0.457 e. The molecule has 0 aromatic rings. The number of esters is 1. The van der Waals surface area contributed by atoms with E-state index in [4.69, 9.17) is 24.3 Å². The Morgan fingerprint density at radius 2 is 1.02 bits per heavy atom. The first-order chi connectivity index (χ1) is 25.4. The minimum atomic E-state index is -4.27. The molecule has 52 heavy (non-hydrogen) atoms. The lowest BCUT2D eigenvalue weighted by molar-refractivity contribution is -0.154. The fourth-order valence-corrected chi connectivity index (χ4v) is 6.91. The van der Waals surface area contributed by atoms with E-state index in [1.807, 2.05) is 0 Å². The number of phosphoric acid groups is 1. The van der Waals surface area contributed by atoms with Gasteiger partial charge in [0, 0.05) is 19.6 Å². The van der Waals surface area contributed by atoms with E-state index in [1.54, 1.807) is 0 Å². The highest BCUT2D eigenvalue weighted by molar-refractivity contribution is 7.47. The van der Waals surface area contributed by atoms with Crippen LogP contribution in [-0.2, 0) is 27.9 Å². The van der Waals surface area contributed by atoms with Gasteiger partial charge in [0.05, 0.1) is 19.8 Å². The zero-order valence-electron chi connectivity index (χ0n) is 34.1. The Balaban J connectivity index is 4.02. The quantitative estimate of drug-likeness (QED) is 0.0273. The highest BCUT2D eigenvalue weighted by Gasteiger charge is 2.25. The van der Waals surface area contributed by atoms with Crippen molar-refractivity contribution in [2.45, 2.75) is 213 Å². The molecule has 0 aliphatic carbocycles. The highest BCUT2D eigenvalue weighted by Crippen LogP contribution is 2.43. The minimum absolute atomic E-state index is 0.0956. The number of rotatable bonds is 42. The van der Waals surface area contributed by atoms with Crippen LogP contribution in [0.15, 0.2) is 24.3 Å². The van der Waals surface area contributed by atoms with Crippen LogP contribution in [0.4, 0.5) is 0 Å². The average molecular weight is 758 g/mol. The second-order valence-corrected chi connectivity index (χ2v) is 16.0. The third-order valence-electron chi connectivity index (χ3n) is 9.37. The Hall–Kier alpha value is -1.02. The molecule has 0 saturated carbocycles. The zero-order valence-corrected chi connectivity index (χ0v) is 35.0. The lowest BCUT2D eigenvalue weighted by Gasteiger charge is -2.20. The normalized spacial score (nSPS) is 13.7. The molecule has 0 fully saturated rings. The van der Waals surface area contributed by atoms with E-state index < -0.39 is 13.9 Å². The maximum atomic E-state index is 12.6. The minimum Gasteiger partial charge on any atom is -0.457 e. The van der Waals surface area contributed by atoms with Gasteiger partial charge in [-0.15, -0.1) is 0 Å². The average Bonchev–Trinajstić information content (AvgIpc) is 3.13. The van der Waals surface area contributed by atoms with Crippen molar-refractivity contribution in [3.8, 4) is 0 Å². The third-order valence-corrected chi connectivity index (χ3v) is 10.4. The van der Waals surface area contributed by atoms with Crippen LogP contribution in [0.25, 0.3) is 0 Å². The Labute approximate surface area is 321 Å². The van der Waals surface area contributed by atoms with Crippen LogP contribution in [0.3, 0.4) is 0 Å². The monoisotopic (exact) mass is 758 g/mol. The predicted octanol–water partition coefficient (Wildman–Crippen LogP) is 12.9. The zero-order chi connectivity index (χ0) is 38.1. The van der Waals surface area contributed by atoms with Crippen LogP contribution in [-0.4, -0.2) is 49.9 Å². The first-order valence-corrected chi connectivity index (χ1v) is 23.3. The van der Waals surface area contributed by atoms with E-state index in [1.165, 1.54) is 141 Å². The molecule has 0 aromatic carbocycles. The van der Waals surface area contributed by atoms with Crippen LogP contribution in [0.2, 0.25) is 0 Å². The van der Waals surface area contributed by atoms with E-state index in [-0.39, 0.29) is 32.3 Å². The molecule has 0 heterocycles. The number of hydrogen-bond donors (Lipinski definition) is 2. The first kappa shape index (κ1) is 51.0. The molecular weight excluding hydrogens is 673 g/mol. The number of allylic oxidation sites excluding steroid dienone is 4. The Morgan fingerprint density at radius 1 is 0.577 bits per heavy atom. The molecule has 0 aromatic heterocycles. The number of phosphoric ester groups is 1. The third kappa shape index (κ3) is 40.2. The molecule has 0 aliphatic rings. The molecule has 0 saturated heterocycles. The maximum absolute atomic E-state index is 12.6. The van der Waals surface area contributed by atoms with Gasteiger partial charge in [0.1, 0.15) is 6.10 Å². The largest absolute Gasteiger partial charge is 0.472 e. The van der Waals surface area contributed by atoms with Crippen molar-refractivity contribution < 1.29 is 32.8 Å². The molecule has 2 atom stereocenters. The Kier molecular flexibility index (Phi) is 40.3. The van der Waals surface area contributed by atoms with Gasteiger partial charge in [-0.25, -0.2) is 4.57 Å². The van der Waals surface area contributed by atoms with Crippen molar-refractivity contribution in [1.29, 1.82) is 0 Å². The second kappa shape index (κ2) is 41.1. The van der Waals surface area contributed by atoms with Gasteiger partial charge in [0.25, 0.3) is 0 Å². The summed E-state index contributed by atoms with van der Waals surface area (Å²) in [4.78, 5) is 22.5. The molecule has 0 radical (unpaired) electrons. The van der Waals surface area contributed by atoms with Gasteiger partial charge >= 0.3 is 13.8 Å². The van der Waals surface area contributed by atoms with Crippen LogP contribution < -0.4 is 5.73 Å². The van der Waals surface area contributed by atoms with Gasteiger partial charge in [-0.1, -0.05) is 179 Å². The summed E-state index contributed by atoms with van der Waals surface area (Å²) in [7, 11) is -4.27. The Morgan fingerprint density at radius 3 is 1.54 bits per heavy atom. The number of hydrogen-bond acceptors (Lipinski definition) is 7. The van der Waals surface area contributed by atoms with E-state index in [9.17, 15) is 14.3 Å². The van der Waals surface area contributed by atoms with E-state index >= 15 is 0 Å². The molecule has 0 bridgehead atoms. The van der Waals surface area contributed by atoms with Crippen molar-refractivity contribution in [2.75, 3.05) is 33.0 Å². The molecule has 2 unspecified atom stereocenters. The summed E-state index contributed by atoms with van der Waals surface area (Å²) < 4.78 is 33.4. The number of carbonyl (C=O) groups is 1. The molecule has 0 rings (SSSR count). The van der Waals surface area contributed by atoms with Gasteiger partial charge < -0.3 is 20.1 Å². The summed E-state index contributed by atoms with van der Waals surface area (Å²) in [5, 5.41) is 0. The summed E-state index contributed by atoms with van der Waals surface area (Å²) in [5.74, 6) is -0.331. The fourth-order valence-electron chi connectivity index (χ4n) is 6.14. The summed E-state index contributed by atoms with van der Waals surface area (Å²) in [6, 6.07) is 0. The van der Waals surface area contributed by atoms with E-state index in [0.717, 1.165) is 44.9 Å².